The molecule has 1 saturated heterocycles. The Balaban J connectivity index is 0.000000185. The first kappa shape index (κ1) is 55.5. The summed E-state index contributed by atoms with van der Waals surface area (Å²) < 4.78 is 26.7. The lowest BCUT2D eigenvalue weighted by atomic mass is 10.0. The lowest BCUT2D eigenvalue weighted by molar-refractivity contribution is 0.0585. The van der Waals surface area contributed by atoms with E-state index in [1.165, 1.54) is 25.3 Å². The topological polar surface area (TPSA) is 160 Å². The number of hydrogen-bond acceptors (Lipinski definition) is 12. The molecule has 8 aromatic rings. The molecular formula is C64H66N2O10. The summed E-state index contributed by atoms with van der Waals surface area (Å²) in [7, 11) is 2.70. The number of rotatable bonds is 22. The smallest absolute Gasteiger partial charge is 0.341 e. The van der Waals surface area contributed by atoms with Crippen molar-refractivity contribution in [3.05, 3.63) is 262 Å². The van der Waals surface area contributed by atoms with Crippen LogP contribution in [0.3, 0.4) is 0 Å². The van der Waals surface area contributed by atoms with Crippen LogP contribution in [-0.2, 0) is 53.4 Å². The van der Waals surface area contributed by atoms with E-state index in [0.29, 0.717) is 67.8 Å². The van der Waals surface area contributed by atoms with Crippen molar-refractivity contribution < 1.29 is 48.6 Å². The summed E-state index contributed by atoms with van der Waals surface area (Å²) in [6.45, 7) is 5.01. The Morgan fingerprint density at radius 2 is 1.03 bits per heavy atom. The second-order valence-electron chi connectivity index (χ2n) is 18.1. The highest BCUT2D eigenvalue weighted by molar-refractivity contribution is 5.93. The minimum absolute atomic E-state index is 0.0941. The van der Waals surface area contributed by atoms with Gasteiger partial charge in [0.25, 0.3) is 0 Å². The third-order valence-corrected chi connectivity index (χ3v) is 12.4. The molecule has 0 amide bonds. The van der Waals surface area contributed by atoms with Gasteiger partial charge in [0.15, 0.2) is 0 Å². The maximum absolute atomic E-state index is 12.6. The zero-order valence-electron chi connectivity index (χ0n) is 43.0. The lowest BCUT2D eigenvalue weighted by Crippen LogP contribution is -2.30. The maximum atomic E-state index is 12.6. The van der Waals surface area contributed by atoms with Gasteiger partial charge < -0.3 is 44.3 Å². The second-order valence-corrected chi connectivity index (χ2v) is 18.1. The number of nitrogens with one attached hydrogen (secondary N) is 1. The van der Waals surface area contributed by atoms with Crippen LogP contribution in [-0.4, -0.2) is 72.6 Å². The fraction of sp³-hybridized carbons (Fsp3) is 0.219. The molecule has 9 rings (SSSR count). The van der Waals surface area contributed by atoms with Crippen LogP contribution in [0.15, 0.2) is 206 Å². The molecular weight excluding hydrogens is 957 g/mol. The van der Waals surface area contributed by atoms with Crippen LogP contribution in [0, 0.1) is 0 Å². The molecule has 12 nitrogen and oxygen atoms in total. The number of aromatic hydroxyl groups is 2. The van der Waals surface area contributed by atoms with Crippen molar-refractivity contribution in [3.63, 3.8) is 0 Å². The van der Waals surface area contributed by atoms with E-state index in [1.807, 2.05) is 115 Å². The highest BCUT2D eigenvalue weighted by Crippen LogP contribution is 2.33. The van der Waals surface area contributed by atoms with E-state index in [-0.39, 0.29) is 17.4 Å². The van der Waals surface area contributed by atoms with Gasteiger partial charge >= 0.3 is 11.9 Å². The summed E-state index contributed by atoms with van der Waals surface area (Å²) in [4.78, 5) is 26.6. The number of esters is 2. The number of phenols is 2. The number of benzene rings is 8. The molecule has 0 bridgehead atoms. The van der Waals surface area contributed by atoms with Gasteiger partial charge in [0.05, 0.1) is 26.9 Å². The van der Waals surface area contributed by atoms with E-state index < -0.39 is 18.0 Å². The predicted octanol–water partition coefficient (Wildman–Crippen LogP) is 11.4. The van der Waals surface area contributed by atoms with Crippen molar-refractivity contribution in [2.75, 3.05) is 40.5 Å². The standard InChI is InChI=1S/C32H33NO5.C17H16O4.C15H17NO/c1-37-32(36)29-20-27(14-17-31(29)38-23-26-10-6-3-7-11-26)30(35)22-33(21-25-8-4-2-5-9-25)19-18-24-12-15-28(34)16-13-24;1-19-17(18)14-9-13(16-11-21-16)7-8-15(14)20-10-12-5-3-2-4-6-12;17-15-8-6-13(7-9-15)10-11-16-12-14-4-2-1-3-5-14/h2-17,20,30,34-35H,18-19,21-23H2,1H3;2-9,16H,10-11H2,1H3;1-9,16-17H,10-12H2/t30-;16-;/m00./s1. The fourth-order valence-electron chi connectivity index (χ4n) is 8.10. The number of aliphatic hydroxyl groups excluding tert-OH is 1. The van der Waals surface area contributed by atoms with Gasteiger partial charge in [0, 0.05) is 26.2 Å². The molecule has 392 valence electrons. The van der Waals surface area contributed by atoms with Crippen molar-refractivity contribution in [1.29, 1.82) is 0 Å². The first-order valence-corrected chi connectivity index (χ1v) is 25.3. The van der Waals surface area contributed by atoms with Gasteiger partial charge in [-0.1, -0.05) is 158 Å². The Hall–Kier alpha value is -8.26. The first-order chi connectivity index (χ1) is 37.1. The molecule has 1 aliphatic heterocycles. The normalized spacial score (nSPS) is 12.7. The molecule has 1 fully saturated rings. The van der Waals surface area contributed by atoms with E-state index in [2.05, 4.69) is 46.6 Å². The van der Waals surface area contributed by atoms with Gasteiger partial charge in [-0.2, -0.15) is 0 Å². The number of hydrogen-bond donors (Lipinski definition) is 4. The number of carbonyl (C=O) groups is 2. The Morgan fingerprint density at radius 1 is 0.566 bits per heavy atom. The Bertz CT molecular complexity index is 2980. The Kier molecular flexibility index (Phi) is 21.6. The van der Waals surface area contributed by atoms with Gasteiger partial charge in [0.1, 0.15) is 53.4 Å². The lowest BCUT2D eigenvalue weighted by Gasteiger charge is -2.26. The molecule has 76 heavy (non-hydrogen) atoms. The number of aliphatic hydroxyl groups is 1. The molecule has 0 aromatic heterocycles. The third kappa shape index (κ3) is 18.3. The molecule has 4 N–H and O–H groups in total. The zero-order chi connectivity index (χ0) is 53.3. The molecule has 8 aromatic carbocycles. The first-order valence-electron chi connectivity index (χ1n) is 25.3. The summed E-state index contributed by atoms with van der Waals surface area (Å²) >= 11 is 0. The van der Waals surface area contributed by atoms with Crippen LogP contribution in [0.4, 0.5) is 0 Å². The Morgan fingerprint density at radius 3 is 1.53 bits per heavy atom. The van der Waals surface area contributed by atoms with Crippen molar-refractivity contribution >= 4 is 11.9 Å². The quantitative estimate of drug-likeness (QED) is 0.0290. The molecule has 0 radical (unpaired) electrons. The van der Waals surface area contributed by atoms with Gasteiger partial charge in [-0.3, -0.25) is 4.90 Å². The summed E-state index contributed by atoms with van der Waals surface area (Å²) in [6, 6.07) is 65.2. The van der Waals surface area contributed by atoms with Crippen LogP contribution in [0.5, 0.6) is 23.0 Å². The number of epoxide rings is 1. The molecule has 0 saturated carbocycles. The highest BCUT2D eigenvalue weighted by Gasteiger charge is 2.27. The summed E-state index contributed by atoms with van der Waals surface area (Å²) in [5.74, 6) is 0.574. The monoisotopic (exact) mass is 1020 g/mol. The molecule has 0 aliphatic carbocycles. The van der Waals surface area contributed by atoms with E-state index in [0.717, 1.165) is 53.7 Å². The molecule has 1 heterocycles. The predicted molar refractivity (Wildman–Crippen MR) is 294 cm³/mol. The van der Waals surface area contributed by atoms with E-state index in [4.69, 9.17) is 28.8 Å². The van der Waals surface area contributed by atoms with E-state index >= 15 is 0 Å². The third-order valence-electron chi connectivity index (χ3n) is 12.4. The minimum atomic E-state index is -0.829. The van der Waals surface area contributed by atoms with E-state index in [1.54, 1.807) is 54.6 Å². The average molecular weight is 1020 g/mol. The molecule has 2 atom stereocenters. The van der Waals surface area contributed by atoms with Gasteiger partial charge in [0.2, 0.25) is 0 Å². The minimum Gasteiger partial charge on any atom is -0.508 e. The van der Waals surface area contributed by atoms with E-state index in [9.17, 15) is 19.8 Å². The number of phenolic OH excluding ortho intramolecular Hbond substituents is 2. The number of methoxy groups -OCH3 is 2. The SMILES string of the molecule is COC(=O)c1cc([C@@H](O)CN(CCc2ccc(O)cc2)Cc2ccccc2)ccc1OCc1ccccc1.COC(=O)c1cc([C@@H]2CO2)ccc1OCc1ccccc1.Oc1ccc(CCNCc2ccccc2)cc1. The van der Waals surface area contributed by atoms with Crippen LogP contribution >= 0.6 is 0 Å². The highest BCUT2D eigenvalue weighted by atomic mass is 16.6. The van der Waals surface area contributed by atoms with Crippen molar-refractivity contribution in [3.8, 4) is 23.0 Å². The van der Waals surface area contributed by atoms with Gasteiger partial charge in [-0.05, 0) is 112 Å². The van der Waals surface area contributed by atoms with Gasteiger partial charge in [-0.15, -0.1) is 0 Å². The summed E-state index contributed by atoms with van der Waals surface area (Å²) in [5, 5.41) is 33.4. The Labute approximate surface area is 445 Å². The summed E-state index contributed by atoms with van der Waals surface area (Å²) in [6.07, 6.45) is 1.01. The van der Waals surface area contributed by atoms with Crippen LogP contribution < -0.4 is 14.8 Å². The van der Waals surface area contributed by atoms with Crippen molar-refractivity contribution in [2.24, 2.45) is 0 Å². The average Bonchev–Trinajstić information content (AvgIpc) is 4.33. The zero-order valence-corrected chi connectivity index (χ0v) is 43.0. The number of nitrogens with zero attached hydrogens (tertiary/aromatic N) is 1. The second kappa shape index (κ2) is 29.6. The molecule has 0 unspecified atom stereocenters. The maximum Gasteiger partial charge on any atom is 0.341 e. The molecule has 12 heteroatoms. The van der Waals surface area contributed by atoms with Gasteiger partial charge in [-0.25, -0.2) is 9.59 Å². The van der Waals surface area contributed by atoms with Crippen LogP contribution in [0.25, 0.3) is 0 Å². The van der Waals surface area contributed by atoms with Crippen molar-refractivity contribution in [1.82, 2.24) is 10.2 Å². The fourth-order valence-corrected chi connectivity index (χ4v) is 8.10. The summed E-state index contributed by atoms with van der Waals surface area (Å²) in [5.41, 5.74) is 9.11. The van der Waals surface area contributed by atoms with Crippen molar-refractivity contribution in [2.45, 2.75) is 51.4 Å². The molecule has 1 aliphatic rings. The molecule has 0 spiro atoms. The van der Waals surface area contributed by atoms with Crippen LogP contribution in [0.2, 0.25) is 0 Å². The number of carbonyl (C=O) groups excluding carboxylic acids is 2. The van der Waals surface area contributed by atoms with Crippen LogP contribution in [0.1, 0.15) is 77.4 Å². The largest absolute Gasteiger partial charge is 0.508 e. The number of ether oxygens (including phenoxy) is 5.